The third-order valence-electron chi connectivity index (χ3n) is 4.57. The van der Waals surface area contributed by atoms with Gasteiger partial charge in [0.05, 0.1) is 25.4 Å². The molecule has 1 heterocycles. The third kappa shape index (κ3) is 2.84. The van der Waals surface area contributed by atoms with Crippen molar-refractivity contribution in [3.8, 4) is 0 Å². The second kappa shape index (κ2) is 6.06. The monoisotopic (exact) mass is 268 g/mol. The molecule has 2 rings (SSSR count). The first-order chi connectivity index (χ1) is 9.08. The summed E-state index contributed by atoms with van der Waals surface area (Å²) >= 11 is 0. The SMILES string of the molecule is COC(=O)C1=C[C@H]2[C@@H](OC1)[C@H](CO)CC[C@@H]2C(C)C. The van der Waals surface area contributed by atoms with Crippen molar-refractivity contribution in [1.29, 1.82) is 0 Å². The minimum Gasteiger partial charge on any atom is -0.466 e. The van der Waals surface area contributed by atoms with Gasteiger partial charge in [-0.25, -0.2) is 4.79 Å². The molecule has 108 valence electrons. The van der Waals surface area contributed by atoms with Gasteiger partial charge in [-0.2, -0.15) is 0 Å². The Morgan fingerprint density at radius 3 is 2.84 bits per heavy atom. The highest BCUT2D eigenvalue weighted by molar-refractivity contribution is 5.88. The third-order valence-corrected chi connectivity index (χ3v) is 4.57. The van der Waals surface area contributed by atoms with E-state index in [9.17, 15) is 9.90 Å². The van der Waals surface area contributed by atoms with Crippen LogP contribution in [0.3, 0.4) is 0 Å². The molecule has 1 aliphatic carbocycles. The second-order valence-corrected chi connectivity index (χ2v) is 5.96. The molecule has 19 heavy (non-hydrogen) atoms. The molecule has 0 amide bonds. The van der Waals surface area contributed by atoms with Gasteiger partial charge in [-0.3, -0.25) is 0 Å². The van der Waals surface area contributed by atoms with Crippen LogP contribution in [0, 0.1) is 23.7 Å². The van der Waals surface area contributed by atoms with E-state index >= 15 is 0 Å². The van der Waals surface area contributed by atoms with E-state index in [1.165, 1.54) is 7.11 Å². The molecule has 4 heteroatoms. The largest absolute Gasteiger partial charge is 0.466 e. The molecule has 0 spiro atoms. The number of aliphatic hydroxyl groups is 1. The molecule has 0 aromatic heterocycles. The first-order valence-corrected chi connectivity index (χ1v) is 7.10. The Hall–Kier alpha value is -0.870. The van der Waals surface area contributed by atoms with E-state index in [0.29, 0.717) is 24.0 Å². The first kappa shape index (κ1) is 14.5. The van der Waals surface area contributed by atoms with Gasteiger partial charge in [0.2, 0.25) is 0 Å². The number of methoxy groups -OCH3 is 1. The van der Waals surface area contributed by atoms with Crippen LogP contribution >= 0.6 is 0 Å². The molecule has 0 bridgehead atoms. The minimum absolute atomic E-state index is 0.0413. The van der Waals surface area contributed by atoms with Crippen LogP contribution in [0.15, 0.2) is 11.6 Å². The van der Waals surface area contributed by atoms with Crippen molar-refractivity contribution in [3.63, 3.8) is 0 Å². The number of hydrogen-bond acceptors (Lipinski definition) is 4. The van der Waals surface area contributed by atoms with E-state index in [1.54, 1.807) is 0 Å². The van der Waals surface area contributed by atoms with Crippen LogP contribution in [0.2, 0.25) is 0 Å². The predicted molar refractivity (Wildman–Crippen MR) is 71.5 cm³/mol. The van der Waals surface area contributed by atoms with E-state index in [0.717, 1.165) is 12.8 Å². The van der Waals surface area contributed by atoms with E-state index in [2.05, 4.69) is 13.8 Å². The fraction of sp³-hybridized carbons (Fsp3) is 0.800. The number of carbonyl (C=O) groups excluding carboxylic acids is 1. The summed E-state index contributed by atoms with van der Waals surface area (Å²) in [5.74, 6) is 1.16. The van der Waals surface area contributed by atoms with E-state index < -0.39 is 0 Å². The molecule has 0 aromatic carbocycles. The maximum absolute atomic E-state index is 11.6. The summed E-state index contributed by atoms with van der Waals surface area (Å²) in [5.41, 5.74) is 0.619. The summed E-state index contributed by atoms with van der Waals surface area (Å²) in [6, 6.07) is 0. The summed E-state index contributed by atoms with van der Waals surface area (Å²) in [4.78, 5) is 11.6. The molecule has 0 aromatic rings. The Morgan fingerprint density at radius 2 is 2.26 bits per heavy atom. The molecule has 0 radical (unpaired) electrons. The fourth-order valence-electron chi connectivity index (χ4n) is 3.48. The van der Waals surface area contributed by atoms with Gasteiger partial charge >= 0.3 is 5.97 Å². The van der Waals surface area contributed by atoms with Crippen molar-refractivity contribution in [2.75, 3.05) is 20.3 Å². The second-order valence-electron chi connectivity index (χ2n) is 5.96. The molecule has 1 aliphatic heterocycles. The lowest BCUT2D eigenvalue weighted by Gasteiger charge is -2.45. The highest BCUT2D eigenvalue weighted by Crippen LogP contribution is 2.42. The van der Waals surface area contributed by atoms with Crippen molar-refractivity contribution >= 4 is 5.97 Å². The Morgan fingerprint density at radius 1 is 1.53 bits per heavy atom. The molecule has 2 aliphatic rings. The molecule has 4 nitrogen and oxygen atoms in total. The van der Waals surface area contributed by atoms with Gasteiger partial charge in [-0.1, -0.05) is 19.9 Å². The van der Waals surface area contributed by atoms with Crippen LogP contribution in [-0.2, 0) is 14.3 Å². The maximum Gasteiger partial charge on any atom is 0.335 e. The number of ether oxygens (including phenoxy) is 2. The molecule has 1 saturated carbocycles. The Bertz CT molecular complexity index is 361. The summed E-state index contributed by atoms with van der Waals surface area (Å²) in [6.07, 6.45) is 4.16. The Labute approximate surface area is 114 Å². The Kier molecular flexibility index (Phi) is 4.63. The van der Waals surface area contributed by atoms with Gasteiger partial charge in [-0.15, -0.1) is 0 Å². The lowest BCUT2D eigenvalue weighted by molar-refractivity contribution is -0.139. The highest BCUT2D eigenvalue weighted by Gasteiger charge is 2.42. The van der Waals surface area contributed by atoms with Crippen molar-refractivity contribution in [2.45, 2.75) is 32.8 Å². The van der Waals surface area contributed by atoms with Crippen LogP contribution in [-0.4, -0.2) is 37.5 Å². The molecular weight excluding hydrogens is 244 g/mol. The van der Waals surface area contributed by atoms with Gasteiger partial charge in [0.15, 0.2) is 0 Å². The molecule has 0 saturated heterocycles. The molecule has 1 fully saturated rings. The number of rotatable bonds is 3. The van der Waals surface area contributed by atoms with Gasteiger partial charge in [0, 0.05) is 18.4 Å². The molecule has 4 atom stereocenters. The van der Waals surface area contributed by atoms with Crippen LogP contribution in [0.25, 0.3) is 0 Å². The minimum atomic E-state index is -0.299. The Balaban J connectivity index is 2.24. The smallest absolute Gasteiger partial charge is 0.335 e. The van der Waals surface area contributed by atoms with Crippen LogP contribution in [0.5, 0.6) is 0 Å². The first-order valence-electron chi connectivity index (χ1n) is 7.10. The average Bonchev–Trinajstić information content (AvgIpc) is 2.44. The lowest BCUT2D eigenvalue weighted by Crippen LogP contribution is -2.46. The predicted octanol–water partition coefficient (Wildman–Crippen LogP) is 1.78. The van der Waals surface area contributed by atoms with Gasteiger partial charge < -0.3 is 14.6 Å². The maximum atomic E-state index is 11.6. The number of hydrogen-bond donors (Lipinski definition) is 1. The molecule has 0 unspecified atom stereocenters. The van der Waals surface area contributed by atoms with Gasteiger partial charge in [-0.05, 0) is 24.7 Å². The summed E-state index contributed by atoms with van der Waals surface area (Å²) in [6.45, 7) is 4.88. The quantitative estimate of drug-likeness (QED) is 0.793. The van der Waals surface area contributed by atoms with Gasteiger partial charge in [0.25, 0.3) is 0 Å². The zero-order valence-corrected chi connectivity index (χ0v) is 12.0. The van der Waals surface area contributed by atoms with Crippen LogP contribution in [0.1, 0.15) is 26.7 Å². The van der Waals surface area contributed by atoms with E-state index in [4.69, 9.17) is 9.47 Å². The zero-order chi connectivity index (χ0) is 14.0. The average molecular weight is 268 g/mol. The van der Waals surface area contributed by atoms with Crippen molar-refractivity contribution in [3.05, 3.63) is 11.6 Å². The summed E-state index contributed by atoms with van der Waals surface area (Å²) in [7, 11) is 1.40. The lowest BCUT2D eigenvalue weighted by atomic mass is 9.67. The number of fused-ring (bicyclic) bond motifs is 1. The number of aliphatic hydroxyl groups excluding tert-OH is 1. The normalized spacial score (nSPS) is 34.7. The van der Waals surface area contributed by atoms with Crippen LogP contribution in [0.4, 0.5) is 0 Å². The topological polar surface area (TPSA) is 55.8 Å². The summed E-state index contributed by atoms with van der Waals surface area (Å²) < 4.78 is 10.7. The van der Waals surface area contributed by atoms with E-state index in [-0.39, 0.29) is 30.5 Å². The standard InChI is InChI=1S/C15H24O4/c1-9(2)12-5-4-10(7-16)14-13(12)6-11(8-19-14)15(17)18-3/h6,9-10,12-14,16H,4-5,7-8H2,1-3H3/t10-,12+,13+,14-/m0/s1. The van der Waals surface area contributed by atoms with Crippen molar-refractivity contribution < 1.29 is 19.4 Å². The molecule has 1 N–H and O–H groups in total. The van der Waals surface area contributed by atoms with Crippen LogP contribution < -0.4 is 0 Å². The van der Waals surface area contributed by atoms with Crippen molar-refractivity contribution in [1.82, 2.24) is 0 Å². The molecular formula is C15H24O4. The van der Waals surface area contributed by atoms with Gasteiger partial charge in [0.1, 0.15) is 0 Å². The van der Waals surface area contributed by atoms with Crippen molar-refractivity contribution in [2.24, 2.45) is 23.7 Å². The summed E-state index contributed by atoms with van der Waals surface area (Å²) in [5, 5.41) is 9.48. The zero-order valence-electron chi connectivity index (χ0n) is 12.0. The fourth-order valence-corrected chi connectivity index (χ4v) is 3.48. The van der Waals surface area contributed by atoms with E-state index in [1.807, 2.05) is 6.08 Å². The number of carbonyl (C=O) groups is 1. The number of esters is 1. The highest BCUT2D eigenvalue weighted by atomic mass is 16.5.